The molecule has 1 N–H and O–H groups in total. The second-order valence-electron chi connectivity index (χ2n) is 7.16. The number of rotatable bonds is 2. The summed E-state index contributed by atoms with van der Waals surface area (Å²) in [5.74, 6) is 0. The van der Waals surface area contributed by atoms with Crippen molar-refractivity contribution < 1.29 is 0 Å². The second kappa shape index (κ2) is 5.24. The number of hydrogen-bond donors (Lipinski definition) is 1. The van der Waals surface area contributed by atoms with Crippen LogP contribution in [0, 0.1) is 10.8 Å². The van der Waals surface area contributed by atoms with Crippen molar-refractivity contribution in [1.82, 2.24) is 0 Å². The SMILES string of the molecule is CC1=CCC(c2ccc3ccccc3c2C(=N)C(C)(C)C)=C1. The average molecular weight is 289 g/mol. The van der Waals surface area contributed by atoms with E-state index in [2.05, 4.69) is 76.2 Å². The van der Waals surface area contributed by atoms with Crippen molar-refractivity contribution in [1.29, 1.82) is 5.41 Å². The van der Waals surface area contributed by atoms with Gasteiger partial charge >= 0.3 is 0 Å². The molecule has 0 saturated heterocycles. The average Bonchev–Trinajstić information content (AvgIpc) is 2.90. The fourth-order valence-corrected chi connectivity index (χ4v) is 3.03. The predicted octanol–water partition coefficient (Wildman–Crippen LogP) is 5.99. The van der Waals surface area contributed by atoms with Gasteiger partial charge in [0.15, 0.2) is 0 Å². The molecule has 0 aromatic heterocycles. The molecule has 1 heteroatoms. The van der Waals surface area contributed by atoms with E-state index < -0.39 is 0 Å². The molecule has 0 heterocycles. The van der Waals surface area contributed by atoms with E-state index in [1.807, 2.05) is 0 Å². The minimum absolute atomic E-state index is 0.166. The van der Waals surface area contributed by atoms with Gasteiger partial charge in [-0.05, 0) is 35.3 Å². The molecular formula is C21H23N. The molecule has 0 aliphatic heterocycles. The molecule has 2 aromatic rings. The molecule has 1 nitrogen and oxygen atoms in total. The summed E-state index contributed by atoms with van der Waals surface area (Å²) in [6, 6.07) is 12.8. The number of benzene rings is 2. The number of allylic oxidation sites excluding steroid dienone is 4. The van der Waals surface area contributed by atoms with E-state index in [4.69, 9.17) is 5.41 Å². The Morgan fingerprint density at radius 1 is 1.05 bits per heavy atom. The fourth-order valence-electron chi connectivity index (χ4n) is 3.03. The lowest BCUT2D eigenvalue weighted by atomic mass is 9.80. The lowest BCUT2D eigenvalue weighted by Gasteiger charge is -2.24. The van der Waals surface area contributed by atoms with Crippen LogP contribution in [0.25, 0.3) is 16.3 Å². The molecular weight excluding hydrogens is 266 g/mol. The highest BCUT2D eigenvalue weighted by Gasteiger charge is 2.24. The fraction of sp³-hybridized carbons (Fsp3) is 0.286. The van der Waals surface area contributed by atoms with Crippen molar-refractivity contribution in [2.75, 3.05) is 0 Å². The van der Waals surface area contributed by atoms with Gasteiger partial charge < -0.3 is 5.41 Å². The van der Waals surface area contributed by atoms with Gasteiger partial charge in [0.25, 0.3) is 0 Å². The van der Waals surface area contributed by atoms with E-state index in [1.165, 1.54) is 27.5 Å². The van der Waals surface area contributed by atoms with Gasteiger partial charge in [0.1, 0.15) is 0 Å². The maximum absolute atomic E-state index is 8.77. The molecule has 0 spiro atoms. The Labute approximate surface area is 132 Å². The molecule has 0 unspecified atom stereocenters. The van der Waals surface area contributed by atoms with E-state index in [9.17, 15) is 0 Å². The van der Waals surface area contributed by atoms with Crippen molar-refractivity contribution in [3.63, 3.8) is 0 Å². The highest BCUT2D eigenvalue weighted by atomic mass is 14.5. The molecule has 0 saturated carbocycles. The van der Waals surface area contributed by atoms with Crippen LogP contribution in [-0.4, -0.2) is 5.71 Å². The van der Waals surface area contributed by atoms with Crippen LogP contribution in [0.5, 0.6) is 0 Å². The van der Waals surface area contributed by atoms with E-state index >= 15 is 0 Å². The van der Waals surface area contributed by atoms with Gasteiger partial charge in [-0.3, -0.25) is 0 Å². The van der Waals surface area contributed by atoms with Gasteiger partial charge in [0.05, 0.1) is 0 Å². The molecule has 0 fully saturated rings. The first-order valence-electron chi connectivity index (χ1n) is 7.87. The summed E-state index contributed by atoms with van der Waals surface area (Å²) in [6.45, 7) is 8.50. The van der Waals surface area contributed by atoms with Gasteiger partial charge in [-0.15, -0.1) is 0 Å². The topological polar surface area (TPSA) is 23.9 Å². The third-order valence-electron chi connectivity index (χ3n) is 4.32. The zero-order valence-electron chi connectivity index (χ0n) is 13.8. The zero-order chi connectivity index (χ0) is 15.9. The zero-order valence-corrected chi connectivity index (χ0v) is 13.8. The first-order valence-corrected chi connectivity index (χ1v) is 7.87. The van der Waals surface area contributed by atoms with Crippen LogP contribution in [-0.2, 0) is 0 Å². The van der Waals surface area contributed by atoms with Crippen LogP contribution in [0.15, 0.2) is 54.1 Å². The van der Waals surface area contributed by atoms with Crippen molar-refractivity contribution in [3.05, 3.63) is 65.3 Å². The Kier molecular flexibility index (Phi) is 3.52. The molecule has 1 aliphatic carbocycles. The minimum atomic E-state index is -0.166. The predicted molar refractivity (Wildman–Crippen MR) is 96.6 cm³/mol. The number of nitrogens with one attached hydrogen (secondary N) is 1. The molecule has 2 aromatic carbocycles. The quantitative estimate of drug-likeness (QED) is 0.657. The Morgan fingerprint density at radius 3 is 2.41 bits per heavy atom. The monoisotopic (exact) mass is 289 g/mol. The summed E-state index contributed by atoms with van der Waals surface area (Å²) < 4.78 is 0. The van der Waals surface area contributed by atoms with Crippen molar-refractivity contribution >= 4 is 22.1 Å². The molecule has 0 bridgehead atoms. The van der Waals surface area contributed by atoms with E-state index in [-0.39, 0.29) is 5.41 Å². The maximum atomic E-state index is 8.77. The normalized spacial score (nSPS) is 14.9. The standard InChI is InChI=1S/C21H23N/c1-14-9-10-16(13-14)18-12-11-15-7-5-6-8-17(15)19(18)20(22)21(2,3)4/h5-9,11-13,22H,10H2,1-4H3. The van der Waals surface area contributed by atoms with Crippen LogP contribution in [0.2, 0.25) is 0 Å². The third-order valence-corrected chi connectivity index (χ3v) is 4.32. The Bertz CT molecular complexity index is 813. The van der Waals surface area contributed by atoms with Gasteiger partial charge in [-0.25, -0.2) is 0 Å². The minimum Gasteiger partial charge on any atom is -0.304 e. The van der Waals surface area contributed by atoms with Crippen molar-refractivity contribution in [2.45, 2.75) is 34.1 Å². The van der Waals surface area contributed by atoms with Crippen LogP contribution in [0.4, 0.5) is 0 Å². The van der Waals surface area contributed by atoms with Crippen LogP contribution in [0.1, 0.15) is 45.2 Å². The largest absolute Gasteiger partial charge is 0.304 e. The third kappa shape index (κ3) is 2.52. The van der Waals surface area contributed by atoms with E-state index in [0.29, 0.717) is 5.71 Å². The molecule has 0 radical (unpaired) electrons. The Morgan fingerprint density at radius 2 is 1.77 bits per heavy atom. The maximum Gasteiger partial charge on any atom is 0.0451 e. The van der Waals surface area contributed by atoms with Crippen molar-refractivity contribution in [2.24, 2.45) is 5.41 Å². The molecule has 0 atom stereocenters. The number of fused-ring (bicyclic) bond motifs is 1. The van der Waals surface area contributed by atoms with E-state index in [0.717, 1.165) is 12.0 Å². The summed E-state index contributed by atoms with van der Waals surface area (Å²) in [6.07, 6.45) is 5.48. The smallest absolute Gasteiger partial charge is 0.0451 e. The molecule has 112 valence electrons. The van der Waals surface area contributed by atoms with Gasteiger partial charge in [-0.2, -0.15) is 0 Å². The molecule has 3 rings (SSSR count). The van der Waals surface area contributed by atoms with E-state index in [1.54, 1.807) is 0 Å². The molecule has 1 aliphatic rings. The van der Waals surface area contributed by atoms with Gasteiger partial charge in [-0.1, -0.05) is 74.9 Å². The summed E-state index contributed by atoms with van der Waals surface area (Å²) >= 11 is 0. The highest BCUT2D eigenvalue weighted by Crippen LogP contribution is 2.36. The Hall–Kier alpha value is -2.15. The summed E-state index contributed by atoms with van der Waals surface area (Å²) in [5, 5.41) is 11.2. The summed E-state index contributed by atoms with van der Waals surface area (Å²) in [7, 11) is 0. The first kappa shape index (κ1) is 14.8. The molecule has 0 amide bonds. The Balaban J connectivity index is 2.29. The van der Waals surface area contributed by atoms with Crippen molar-refractivity contribution in [3.8, 4) is 0 Å². The molecule has 22 heavy (non-hydrogen) atoms. The van der Waals surface area contributed by atoms with Crippen LogP contribution >= 0.6 is 0 Å². The summed E-state index contributed by atoms with van der Waals surface area (Å²) in [5.41, 5.74) is 5.50. The second-order valence-corrected chi connectivity index (χ2v) is 7.16. The van der Waals surface area contributed by atoms with Gasteiger partial charge in [0, 0.05) is 16.7 Å². The lowest BCUT2D eigenvalue weighted by Crippen LogP contribution is -2.22. The lowest BCUT2D eigenvalue weighted by molar-refractivity contribution is 0.589. The van der Waals surface area contributed by atoms with Crippen LogP contribution < -0.4 is 0 Å². The summed E-state index contributed by atoms with van der Waals surface area (Å²) in [4.78, 5) is 0. The number of hydrogen-bond acceptors (Lipinski definition) is 1. The van der Waals surface area contributed by atoms with Crippen LogP contribution in [0.3, 0.4) is 0 Å². The highest BCUT2D eigenvalue weighted by molar-refractivity contribution is 6.15. The van der Waals surface area contributed by atoms with Gasteiger partial charge in [0.2, 0.25) is 0 Å². The first-order chi connectivity index (χ1) is 10.4.